The van der Waals surface area contributed by atoms with E-state index in [9.17, 15) is 14.0 Å². The van der Waals surface area contributed by atoms with E-state index in [1.54, 1.807) is 6.07 Å². The Morgan fingerprint density at radius 1 is 1.10 bits per heavy atom. The normalized spacial score (nSPS) is 10.1. The van der Waals surface area contributed by atoms with E-state index >= 15 is 0 Å². The Hall–Kier alpha value is -1.96. The van der Waals surface area contributed by atoms with Crippen molar-refractivity contribution in [1.82, 2.24) is 0 Å². The van der Waals surface area contributed by atoms with Crippen LogP contribution in [0.2, 0.25) is 0 Å². The second kappa shape index (κ2) is 6.00. The molecule has 0 aliphatic carbocycles. The van der Waals surface area contributed by atoms with Crippen LogP contribution >= 0.6 is 22.6 Å². The van der Waals surface area contributed by atoms with Crippen molar-refractivity contribution in [3.63, 3.8) is 0 Å². The lowest BCUT2D eigenvalue weighted by atomic mass is 10.1. The quantitative estimate of drug-likeness (QED) is 0.797. The van der Waals surface area contributed by atoms with E-state index in [1.165, 1.54) is 36.4 Å². The minimum atomic E-state index is -1.16. The molecule has 0 aromatic heterocycles. The van der Waals surface area contributed by atoms with Crippen LogP contribution in [0.1, 0.15) is 20.7 Å². The van der Waals surface area contributed by atoms with Crippen molar-refractivity contribution in [2.24, 2.45) is 0 Å². The molecule has 0 saturated heterocycles. The van der Waals surface area contributed by atoms with Gasteiger partial charge in [-0.05, 0) is 52.9 Å². The third-order valence-electron chi connectivity index (χ3n) is 2.58. The molecule has 2 aromatic rings. The molecule has 1 amide bonds. The number of amides is 1. The Balaban J connectivity index is 2.33. The standard InChI is InChI=1S/C14H9FINO3/c15-11-4-2-1-3-9(11)13(18)17-12-6-5-8(16)7-10(12)14(19)20/h1-7H,(H,17,18)(H,19,20). The van der Waals surface area contributed by atoms with Crippen molar-refractivity contribution >= 4 is 40.2 Å². The number of hydrogen-bond acceptors (Lipinski definition) is 2. The fourth-order valence-electron chi connectivity index (χ4n) is 1.64. The predicted octanol–water partition coefficient (Wildman–Crippen LogP) is 3.38. The number of anilines is 1. The number of hydrogen-bond donors (Lipinski definition) is 2. The van der Waals surface area contributed by atoms with Crippen molar-refractivity contribution in [2.45, 2.75) is 0 Å². The molecule has 20 heavy (non-hydrogen) atoms. The first-order valence-corrected chi connectivity index (χ1v) is 6.65. The fourth-order valence-corrected chi connectivity index (χ4v) is 2.13. The summed E-state index contributed by atoms with van der Waals surface area (Å²) in [6.07, 6.45) is 0. The summed E-state index contributed by atoms with van der Waals surface area (Å²) in [5.41, 5.74) is -0.0462. The van der Waals surface area contributed by atoms with Crippen molar-refractivity contribution in [1.29, 1.82) is 0 Å². The van der Waals surface area contributed by atoms with Gasteiger partial charge in [0.2, 0.25) is 0 Å². The number of rotatable bonds is 3. The van der Waals surface area contributed by atoms with Crippen LogP contribution < -0.4 is 5.32 Å². The zero-order chi connectivity index (χ0) is 14.7. The highest BCUT2D eigenvalue weighted by Gasteiger charge is 2.16. The fraction of sp³-hybridized carbons (Fsp3) is 0. The van der Waals surface area contributed by atoms with Gasteiger partial charge in [0.15, 0.2) is 0 Å². The average Bonchev–Trinajstić information content (AvgIpc) is 2.41. The van der Waals surface area contributed by atoms with Gasteiger partial charge in [0, 0.05) is 3.57 Å². The Bertz CT molecular complexity index is 688. The molecule has 0 aliphatic rings. The number of carbonyl (C=O) groups excluding carboxylic acids is 1. The zero-order valence-corrected chi connectivity index (χ0v) is 12.2. The molecule has 2 aromatic carbocycles. The summed E-state index contributed by atoms with van der Waals surface area (Å²) in [6.45, 7) is 0. The van der Waals surface area contributed by atoms with E-state index in [1.807, 2.05) is 22.6 Å². The highest BCUT2D eigenvalue weighted by molar-refractivity contribution is 14.1. The summed E-state index contributed by atoms with van der Waals surface area (Å²) in [5.74, 6) is -2.51. The van der Waals surface area contributed by atoms with Crippen LogP contribution in [0.5, 0.6) is 0 Å². The molecule has 0 bridgehead atoms. The van der Waals surface area contributed by atoms with Crippen molar-refractivity contribution < 1.29 is 19.1 Å². The molecule has 4 nitrogen and oxygen atoms in total. The van der Waals surface area contributed by atoms with Crippen LogP contribution in [0, 0.1) is 9.39 Å². The first-order valence-electron chi connectivity index (χ1n) is 5.58. The minimum Gasteiger partial charge on any atom is -0.478 e. The van der Waals surface area contributed by atoms with Crippen LogP contribution in [0.3, 0.4) is 0 Å². The van der Waals surface area contributed by atoms with Gasteiger partial charge in [-0.1, -0.05) is 12.1 Å². The van der Waals surface area contributed by atoms with Crippen LogP contribution in [0.15, 0.2) is 42.5 Å². The molecule has 0 aliphatic heterocycles. The van der Waals surface area contributed by atoms with Gasteiger partial charge in [0.1, 0.15) is 5.82 Å². The van der Waals surface area contributed by atoms with E-state index in [0.717, 1.165) is 3.57 Å². The van der Waals surface area contributed by atoms with Gasteiger partial charge < -0.3 is 10.4 Å². The van der Waals surface area contributed by atoms with Crippen molar-refractivity contribution in [2.75, 3.05) is 5.32 Å². The first-order chi connectivity index (χ1) is 9.49. The lowest BCUT2D eigenvalue weighted by Gasteiger charge is -2.09. The van der Waals surface area contributed by atoms with Gasteiger partial charge >= 0.3 is 5.97 Å². The third-order valence-corrected chi connectivity index (χ3v) is 3.25. The van der Waals surface area contributed by atoms with Gasteiger partial charge in [-0.25, -0.2) is 9.18 Å². The van der Waals surface area contributed by atoms with Gasteiger partial charge in [-0.3, -0.25) is 4.79 Å². The van der Waals surface area contributed by atoms with Gasteiger partial charge in [-0.15, -0.1) is 0 Å². The van der Waals surface area contributed by atoms with Crippen LogP contribution in [0.25, 0.3) is 0 Å². The summed E-state index contributed by atoms with van der Waals surface area (Å²) in [4.78, 5) is 23.1. The summed E-state index contributed by atoms with van der Waals surface area (Å²) in [6, 6.07) is 10.1. The lowest BCUT2D eigenvalue weighted by Crippen LogP contribution is -2.16. The maximum atomic E-state index is 13.5. The number of benzene rings is 2. The predicted molar refractivity (Wildman–Crippen MR) is 80.5 cm³/mol. The highest BCUT2D eigenvalue weighted by Crippen LogP contribution is 2.20. The molecule has 0 heterocycles. The third kappa shape index (κ3) is 3.13. The van der Waals surface area contributed by atoms with Crippen LogP contribution in [-0.2, 0) is 0 Å². The monoisotopic (exact) mass is 385 g/mol. The molecule has 102 valence electrons. The maximum absolute atomic E-state index is 13.5. The average molecular weight is 385 g/mol. The first kappa shape index (κ1) is 14.4. The summed E-state index contributed by atoms with van der Waals surface area (Å²) >= 11 is 1.97. The molecular formula is C14H9FINO3. The molecule has 0 spiro atoms. The van der Waals surface area contributed by atoms with Gasteiger partial charge in [-0.2, -0.15) is 0 Å². The number of nitrogens with one attached hydrogen (secondary N) is 1. The zero-order valence-electron chi connectivity index (χ0n) is 10.1. The minimum absolute atomic E-state index is 0.0402. The molecule has 0 atom stereocenters. The molecule has 2 rings (SSSR count). The summed E-state index contributed by atoms with van der Waals surface area (Å²) in [5, 5.41) is 11.5. The SMILES string of the molecule is O=C(Nc1ccc(I)cc1C(=O)O)c1ccccc1F. The molecule has 2 N–H and O–H groups in total. The number of carboxylic acids is 1. The Labute approximate surface area is 127 Å². The summed E-state index contributed by atoms with van der Waals surface area (Å²) < 4.78 is 14.2. The molecule has 6 heteroatoms. The Kier molecular flexibility index (Phi) is 4.33. The Morgan fingerprint density at radius 2 is 1.80 bits per heavy atom. The van der Waals surface area contributed by atoms with Crippen molar-refractivity contribution in [3.05, 3.63) is 63.0 Å². The number of aromatic carboxylic acids is 1. The lowest BCUT2D eigenvalue weighted by molar-refractivity contribution is 0.0698. The highest BCUT2D eigenvalue weighted by atomic mass is 127. The van der Waals surface area contributed by atoms with Gasteiger partial charge in [0.25, 0.3) is 5.91 Å². The number of halogens is 2. The Morgan fingerprint density at radius 3 is 2.45 bits per heavy atom. The smallest absolute Gasteiger partial charge is 0.337 e. The van der Waals surface area contributed by atoms with Gasteiger partial charge in [0.05, 0.1) is 16.8 Å². The molecular weight excluding hydrogens is 376 g/mol. The van der Waals surface area contributed by atoms with Crippen molar-refractivity contribution in [3.8, 4) is 0 Å². The molecule has 0 unspecified atom stereocenters. The number of carbonyl (C=O) groups is 2. The molecule has 0 radical (unpaired) electrons. The van der Waals surface area contributed by atoms with Crippen LogP contribution in [-0.4, -0.2) is 17.0 Å². The van der Waals surface area contributed by atoms with E-state index in [4.69, 9.17) is 5.11 Å². The molecule has 0 saturated carbocycles. The van der Waals surface area contributed by atoms with E-state index in [-0.39, 0.29) is 16.8 Å². The number of carboxylic acid groups (broad SMARTS) is 1. The van der Waals surface area contributed by atoms with Crippen LogP contribution in [0.4, 0.5) is 10.1 Å². The second-order valence-electron chi connectivity index (χ2n) is 3.93. The summed E-state index contributed by atoms with van der Waals surface area (Å²) in [7, 11) is 0. The topological polar surface area (TPSA) is 66.4 Å². The largest absolute Gasteiger partial charge is 0.478 e. The van der Waals surface area contributed by atoms with E-state index in [0.29, 0.717) is 0 Å². The molecule has 0 fully saturated rings. The maximum Gasteiger partial charge on any atom is 0.337 e. The van der Waals surface area contributed by atoms with E-state index < -0.39 is 17.7 Å². The van der Waals surface area contributed by atoms with E-state index in [2.05, 4.69) is 5.32 Å². The second-order valence-corrected chi connectivity index (χ2v) is 5.17.